The Bertz CT molecular complexity index is 714. The van der Waals surface area contributed by atoms with Crippen molar-refractivity contribution in [1.82, 2.24) is 10.2 Å². The third kappa shape index (κ3) is 7.06. The summed E-state index contributed by atoms with van der Waals surface area (Å²) in [5.74, 6) is 0.824. The van der Waals surface area contributed by atoms with E-state index in [4.69, 9.17) is 4.74 Å². The molecule has 0 heterocycles. The predicted molar refractivity (Wildman–Crippen MR) is 111 cm³/mol. The molecule has 0 spiro atoms. The lowest BCUT2D eigenvalue weighted by atomic mass is 9.87. The SMILES string of the molecule is CN(C)CCCNC(=O)c1ccc(COc2ccc(C(C)(C)C)cc2)cc1. The predicted octanol–water partition coefficient (Wildman–Crippen LogP) is 4.24. The van der Waals surface area contributed by atoms with Crippen molar-refractivity contribution in [1.29, 1.82) is 0 Å². The molecule has 1 N–H and O–H groups in total. The lowest BCUT2D eigenvalue weighted by molar-refractivity contribution is 0.0952. The normalized spacial score (nSPS) is 11.5. The first-order chi connectivity index (χ1) is 12.8. The molecule has 0 aliphatic carbocycles. The minimum absolute atomic E-state index is 0.0287. The van der Waals surface area contributed by atoms with Crippen LogP contribution in [0.15, 0.2) is 48.5 Å². The number of rotatable bonds is 8. The van der Waals surface area contributed by atoms with Gasteiger partial charge in [-0.05, 0) is 67.9 Å². The molecule has 0 saturated carbocycles. The first kappa shape index (κ1) is 21.0. The van der Waals surface area contributed by atoms with E-state index in [1.165, 1.54) is 5.56 Å². The van der Waals surface area contributed by atoms with Crippen LogP contribution in [0.1, 0.15) is 48.7 Å². The van der Waals surface area contributed by atoms with Gasteiger partial charge in [-0.2, -0.15) is 0 Å². The van der Waals surface area contributed by atoms with Gasteiger partial charge in [0, 0.05) is 12.1 Å². The van der Waals surface area contributed by atoms with Crippen molar-refractivity contribution in [2.75, 3.05) is 27.2 Å². The highest BCUT2D eigenvalue weighted by Crippen LogP contribution is 2.24. The second-order valence-electron chi connectivity index (χ2n) is 8.17. The van der Waals surface area contributed by atoms with Crippen molar-refractivity contribution in [3.8, 4) is 5.75 Å². The summed E-state index contributed by atoms with van der Waals surface area (Å²) in [6, 6.07) is 15.8. The van der Waals surface area contributed by atoms with Crippen LogP contribution in [0.2, 0.25) is 0 Å². The smallest absolute Gasteiger partial charge is 0.251 e. The second-order valence-corrected chi connectivity index (χ2v) is 8.17. The van der Waals surface area contributed by atoms with E-state index in [-0.39, 0.29) is 11.3 Å². The van der Waals surface area contributed by atoms with Crippen LogP contribution in [0, 0.1) is 0 Å². The monoisotopic (exact) mass is 368 g/mol. The highest BCUT2D eigenvalue weighted by atomic mass is 16.5. The molecular weight excluding hydrogens is 336 g/mol. The molecule has 2 aromatic carbocycles. The van der Waals surface area contributed by atoms with Crippen LogP contribution >= 0.6 is 0 Å². The van der Waals surface area contributed by atoms with E-state index in [2.05, 4.69) is 43.1 Å². The number of nitrogens with zero attached hydrogens (tertiary/aromatic N) is 1. The highest BCUT2D eigenvalue weighted by Gasteiger charge is 2.13. The van der Waals surface area contributed by atoms with Gasteiger partial charge >= 0.3 is 0 Å². The highest BCUT2D eigenvalue weighted by molar-refractivity contribution is 5.94. The van der Waals surface area contributed by atoms with E-state index in [9.17, 15) is 4.79 Å². The average Bonchev–Trinajstić information content (AvgIpc) is 2.63. The zero-order valence-electron chi connectivity index (χ0n) is 17.2. The Morgan fingerprint density at radius 2 is 1.63 bits per heavy atom. The van der Waals surface area contributed by atoms with Gasteiger partial charge in [0.25, 0.3) is 5.91 Å². The molecule has 27 heavy (non-hydrogen) atoms. The number of carbonyl (C=O) groups is 1. The van der Waals surface area contributed by atoms with Crippen molar-refractivity contribution in [2.45, 2.75) is 39.2 Å². The van der Waals surface area contributed by atoms with E-state index in [1.54, 1.807) is 0 Å². The van der Waals surface area contributed by atoms with Crippen molar-refractivity contribution in [3.05, 3.63) is 65.2 Å². The quantitative estimate of drug-likeness (QED) is 0.709. The molecule has 1 amide bonds. The molecule has 0 aliphatic heterocycles. The molecule has 2 aromatic rings. The van der Waals surface area contributed by atoms with Crippen molar-refractivity contribution in [2.24, 2.45) is 0 Å². The standard InChI is InChI=1S/C23H32N2O2/c1-23(2,3)20-11-13-21(14-12-20)27-17-18-7-9-19(10-8-18)22(26)24-15-6-16-25(4)5/h7-14H,6,15-17H2,1-5H3,(H,24,26). The number of carbonyl (C=O) groups excluding carboxylic acids is 1. The molecule has 0 fully saturated rings. The van der Waals surface area contributed by atoms with Crippen LogP contribution in [0.25, 0.3) is 0 Å². The molecule has 4 nitrogen and oxygen atoms in total. The van der Waals surface area contributed by atoms with Crippen LogP contribution in [0.3, 0.4) is 0 Å². The minimum atomic E-state index is -0.0287. The number of nitrogens with one attached hydrogen (secondary N) is 1. The third-order valence-electron chi connectivity index (χ3n) is 4.41. The maximum atomic E-state index is 12.1. The van der Waals surface area contributed by atoms with Crippen LogP contribution in [-0.4, -0.2) is 38.0 Å². The summed E-state index contributed by atoms with van der Waals surface area (Å²) in [6.45, 7) is 8.73. The Morgan fingerprint density at radius 3 is 2.19 bits per heavy atom. The summed E-state index contributed by atoms with van der Waals surface area (Å²) >= 11 is 0. The maximum Gasteiger partial charge on any atom is 0.251 e. The van der Waals surface area contributed by atoms with Crippen LogP contribution in [0.5, 0.6) is 5.75 Å². The summed E-state index contributed by atoms with van der Waals surface area (Å²) < 4.78 is 5.86. The summed E-state index contributed by atoms with van der Waals surface area (Å²) in [6.07, 6.45) is 0.943. The topological polar surface area (TPSA) is 41.6 Å². The molecule has 0 aliphatic rings. The number of ether oxygens (including phenoxy) is 1. The first-order valence-corrected chi connectivity index (χ1v) is 9.51. The van der Waals surface area contributed by atoms with E-state index < -0.39 is 0 Å². The summed E-state index contributed by atoms with van der Waals surface area (Å²) in [5.41, 5.74) is 3.15. The van der Waals surface area contributed by atoms with Gasteiger partial charge in [-0.3, -0.25) is 4.79 Å². The van der Waals surface area contributed by atoms with Gasteiger partial charge in [0.1, 0.15) is 12.4 Å². The van der Waals surface area contributed by atoms with E-state index >= 15 is 0 Å². The fourth-order valence-corrected chi connectivity index (χ4v) is 2.67. The van der Waals surface area contributed by atoms with Gasteiger partial charge in [-0.15, -0.1) is 0 Å². The Labute approximate surface area is 163 Å². The largest absolute Gasteiger partial charge is 0.489 e. The van der Waals surface area contributed by atoms with Gasteiger partial charge in [-0.25, -0.2) is 0 Å². The Hall–Kier alpha value is -2.33. The number of hydrogen-bond donors (Lipinski definition) is 1. The van der Waals surface area contributed by atoms with Gasteiger partial charge < -0.3 is 15.0 Å². The summed E-state index contributed by atoms with van der Waals surface area (Å²) in [7, 11) is 4.06. The van der Waals surface area contributed by atoms with Gasteiger partial charge in [0.05, 0.1) is 0 Å². The second kappa shape index (κ2) is 9.56. The fourth-order valence-electron chi connectivity index (χ4n) is 2.67. The Balaban J connectivity index is 1.82. The number of amides is 1. The number of benzene rings is 2. The Morgan fingerprint density at radius 1 is 1.00 bits per heavy atom. The minimum Gasteiger partial charge on any atom is -0.489 e. The molecule has 2 rings (SSSR count). The van der Waals surface area contributed by atoms with Crippen molar-refractivity contribution in [3.63, 3.8) is 0 Å². The van der Waals surface area contributed by atoms with Crippen LogP contribution in [0.4, 0.5) is 0 Å². The molecule has 0 radical (unpaired) electrons. The van der Waals surface area contributed by atoms with Crippen LogP contribution < -0.4 is 10.1 Å². The zero-order chi connectivity index (χ0) is 19.9. The van der Waals surface area contributed by atoms with Gasteiger partial charge in [0.2, 0.25) is 0 Å². The first-order valence-electron chi connectivity index (χ1n) is 9.51. The van der Waals surface area contributed by atoms with E-state index in [0.29, 0.717) is 18.7 Å². The van der Waals surface area contributed by atoms with Gasteiger partial charge in [0.15, 0.2) is 0 Å². The molecule has 0 unspecified atom stereocenters. The Kier molecular flexibility index (Phi) is 7.43. The summed E-state index contributed by atoms with van der Waals surface area (Å²) in [4.78, 5) is 14.2. The molecule has 0 atom stereocenters. The molecule has 0 aromatic heterocycles. The molecular formula is C23H32N2O2. The lowest BCUT2D eigenvalue weighted by Gasteiger charge is -2.19. The molecule has 146 valence electrons. The van der Waals surface area contributed by atoms with Crippen molar-refractivity contribution < 1.29 is 9.53 Å². The lowest BCUT2D eigenvalue weighted by Crippen LogP contribution is -2.27. The van der Waals surface area contributed by atoms with Crippen LogP contribution in [-0.2, 0) is 12.0 Å². The molecule has 4 heteroatoms. The van der Waals surface area contributed by atoms with E-state index in [0.717, 1.165) is 24.3 Å². The van der Waals surface area contributed by atoms with Crippen molar-refractivity contribution >= 4 is 5.91 Å². The average molecular weight is 369 g/mol. The zero-order valence-corrected chi connectivity index (χ0v) is 17.2. The number of hydrogen-bond acceptors (Lipinski definition) is 3. The fraction of sp³-hybridized carbons (Fsp3) is 0.435. The van der Waals surface area contributed by atoms with Gasteiger partial charge in [-0.1, -0.05) is 45.0 Å². The molecule has 0 saturated heterocycles. The maximum absolute atomic E-state index is 12.1. The molecule has 0 bridgehead atoms. The summed E-state index contributed by atoms with van der Waals surface area (Å²) in [5, 5.41) is 2.95. The third-order valence-corrected chi connectivity index (χ3v) is 4.41. The van der Waals surface area contributed by atoms with E-state index in [1.807, 2.05) is 50.5 Å².